The van der Waals surface area contributed by atoms with Gasteiger partial charge in [0.1, 0.15) is 0 Å². The van der Waals surface area contributed by atoms with Crippen molar-refractivity contribution in [2.45, 2.75) is 25.8 Å². The summed E-state index contributed by atoms with van der Waals surface area (Å²) in [4.78, 5) is 0. The first-order valence-corrected chi connectivity index (χ1v) is 6.16. The van der Waals surface area contributed by atoms with Gasteiger partial charge < -0.3 is 0 Å². The van der Waals surface area contributed by atoms with Crippen LogP contribution in [0.15, 0.2) is 22.7 Å². The average Bonchev–Trinajstić information content (AvgIpc) is 2.28. The summed E-state index contributed by atoms with van der Waals surface area (Å²) in [5, 5.41) is 0.718. The molecule has 3 N–H and O–H groups in total. The van der Waals surface area contributed by atoms with E-state index in [1.165, 1.54) is 0 Å². The van der Waals surface area contributed by atoms with E-state index in [1.54, 1.807) is 0 Å². The number of nitrogens with one attached hydrogen (secondary N) is 1. The Bertz CT molecular complexity index is 409. The fourth-order valence-corrected chi connectivity index (χ4v) is 2.08. The number of halogens is 2. The van der Waals surface area contributed by atoms with Gasteiger partial charge in [-0.25, -0.2) is 0 Å². The van der Waals surface area contributed by atoms with Gasteiger partial charge in [0.2, 0.25) is 0 Å². The summed E-state index contributed by atoms with van der Waals surface area (Å²) < 4.78 is 0.994. The van der Waals surface area contributed by atoms with E-state index in [0.717, 1.165) is 27.9 Å². The van der Waals surface area contributed by atoms with E-state index in [2.05, 4.69) is 33.2 Å². The second-order valence-electron chi connectivity index (χ2n) is 3.35. The first-order chi connectivity index (χ1) is 7.69. The van der Waals surface area contributed by atoms with Gasteiger partial charge in [-0.1, -0.05) is 27.5 Å². The second kappa shape index (κ2) is 6.93. The molecule has 0 saturated carbocycles. The fourth-order valence-electron chi connectivity index (χ4n) is 1.45. The molecule has 86 valence electrons. The van der Waals surface area contributed by atoms with Crippen LogP contribution in [0.2, 0.25) is 5.02 Å². The van der Waals surface area contributed by atoms with Gasteiger partial charge in [0.05, 0.1) is 0 Å². The van der Waals surface area contributed by atoms with Crippen LogP contribution in [0.25, 0.3) is 0 Å². The van der Waals surface area contributed by atoms with Crippen LogP contribution < -0.4 is 11.3 Å². The molecule has 0 aromatic heterocycles. The van der Waals surface area contributed by atoms with Crippen LogP contribution >= 0.6 is 27.5 Å². The molecule has 0 radical (unpaired) electrons. The first-order valence-electron chi connectivity index (χ1n) is 4.99. The molecule has 16 heavy (non-hydrogen) atoms. The number of nitrogens with two attached hydrogens (primary N) is 1. The highest BCUT2D eigenvalue weighted by Crippen LogP contribution is 2.28. The van der Waals surface area contributed by atoms with Crippen molar-refractivity contribution in [2.75, 3.05) is 0 Å². The minimum Gasteiger partial charge on any atom is -0.271 e. The van der Waals surface area contributed by atoms with E-state index in [1.807, 2.05) is 25.1 Å². The zero-order valence-electron chi connectivity index (χ0n) is 9.06. The summed E-state index contributed by atoms with van der Waals surface area (Å²) in [5.74, 6) is 11.4. The smallest absolute Gasteiger partial charge is 0.0484 e. The monoisotopic (exact) mass is 300 g/mol. The lowest BCUT2D eigenvalue weighted by Crippen LogP contribution is -2.28. The van der Waals surface area contributed by atoms with Crippen molar-refractivity contribution in [1.29, 1.82) is 0 Å². The van der Waals surface area contributed by atoms with E-state index in [0.29, 0.717) is 0 Å². The maximum Gasteiger partial charge on any atom is 0.0484 e. The minimum atomic E-state index is 0.0332. The molecule has 0 aliphatic carbocycles. The van der Waals surface area contributed by atoms with E-state index in [9.17, 15) is 0 Å². The number of hydrogen-bond donors (Lipinski definition) is 2. The molecule has 4 heteroatoms. The SMILES string of the molecule is CC#CCCC(NN)c1cc(Br)ccc1Cl. The maximum absolute atomic E-state index is 6.13. The predicted octanol–water partition coefficient (Wildman–Crippen LogP) is 3.41. The van der Waals surface area contributed by atoms with Crippen molar-refractivity contribution in [3.05, 3.63) is 33.3 Å². The summed E-state index contributed by atoms with van der Waals surface area (Å²) in [6.45, 7) is 1.83. The van der Waals surface area contributed by atoms with Crippen molar-refractivity contribution in [2.24, 2.45) is 5.84 Å². The number of rotatable bonds is 4. The molecule has 1 aromatic carbocycles. The lowest BCUT2D eigenvalue weighted by molar-refractivity contribution is 0.524. The summed E-state index contributed by atoms with van der Waals surface area (Å²) in [7, 11) is 0. The van der Waals surface area contributed by atoms with Crippen molar-refractivity contribution < 1.29 is 0 Å². The molecule has 0 aliphatic heterocycles. The van der Waals surface area contributed by atoms with Gasteiger partial charge in [-0.2, -0.15) is 0 Å². The standard InChI is InChI=1S/C12H14BrClN2/c1-2-3-4-5-12(16-15)10-8-9(13)6-7-11(10)14/h6-8,12,16H,4-5,15H2,1H3. The van der Waals surface area contributed by atoms with E-state index < -0.39 is 0 Å². The minimum absolute atomic E-state index is 0.0332. The lowest BCUT2D eigenvalue weighted by Gasteiger charge is -2.16. The van der Waals surface area contributed by atoms with Crippen molar-refractivity contribution >= 4 is 27.5 Å². The summed E-state index contributed by atoms with van der Waals surface area (Å²) in [5.41, 5.74) is 3.77. The van der Waals surface area contributed by atoms with Crippen LogP contribution in [0.3, 0.4) is 0 Å². The predicted molar refractivity (Wildman–Crippen MR) is 71.9 cm³/mol. The van der Waals surface area contributed by atoms with E-state index >= 15 is 0 Å². The molecule has 2 nitrogen and oxygen atoms in total. The molecule has 0 spiro atoms. The van der Waals surface area contributed by atoms with Crippen molar-refractivity contribution in [3.8, 4) is 11.8 Å². The van der Waals surface area contributed by atoms with Gasteiger partial charge in [0.25, 0.3) is 0 Å². The maximum atomic E-state index is 6.13. The third-order valence-corrected chi connectivity index (χ3v) is 3.11. The van der Waals surface area contributed by atoms with E-state index in [-0.39, 0.29) is 6.04 Å². The van der Waals surface area contributed by atoms with Crippen molar-refractivity contribution in [3.63, 3.8) is 0 Å². The fraction of sp³-hybridized carbons (Fsp3) is 0.333. The molecular formula is C12H14BrClN2. The molecule has 1 rings (SSSR count). The average molecular weight is 302 g/mol. The zero-order valence-corrected chi connectivity index (χ0v) is 11.4. The molecule has 0 fully saturated rings. The Morgan fingerprint density at radius 2 is 2.31 bits per heavy atom. The largest absolute Gasteiger partial charge is 0.271 e. The van der Waals surface area contributed by atoms with Crippen LogP contribution in [0, 0.1) is 11.8 Å². The Balaban J connectivity index is 2.84. The number of hydrazine groups is 1. The van der Waals surface area contributed by atoms with Gasteiger partial charge in [0.15, 0.2) is 0 Å². The van der Waals surface area contributed by atoms with Gasteiger partial charge >= 0.3 is 0 Å². The Labute approximate surface area is 110 Å². The Morgan fingerprint density at radius 3 is 2.94 bits per heavy atom. The second-order valence-corrected chi connectivity index (χ2v) is 4.67. The molecular weight excluding hydrogens is 288 g/mol. The normalized spacial score (nSPS) is 11.8. The Kier molecular flexibility index (Phi) is 5.86. The highest BCUT2D eigenvalue weighted by Gasteiger charge is 2.12. The molecule has 1 atom stereocenters. The summed E-state index contributed by atoms with van der Waals surface area (Å²) in [6, 6.07) is 5.78. The quantitative estimate of drug-likeness (QED) is 0.508. The lowest BCUT2D eigenvalue weighted by atomic mass is 10.0. The van der Waals surface area contributed by atoms with Gasteiger partial charge in [-0.3, -0.25) is 11.3 Å². The first kappa shape index (κ1) is 13.5. The molecule has 1 aromatic rings. The van der Waals surface area contributed by atoms with Crippen LogP contribution in [-0.4, -0.2) is 0 Å². The molecule has 0 aliphatic rings. The molecule has 0 amide bonds. The van der Waals surface area contributed by atoms with Crippen LogP contribution in [0.4, 0.5) is 0 Å². The Hall–Kier alpha value is -0.530. The third kappa shape index (κ3) is 3.80. The van der Waals surface area contributed by atoms with Crippen LogP contribution in [0.5, 0.6) is 0 Å². The number of benzene rings is 1. The third-order valence-electron chi connectivity index (χ3n) is 2.27. The summed E-state index contributed by atoms with van der Waals surface area (Å²) >= 11 is 9.55. The Morgan fingerprint density at radius 1 is 1.56 bits per heavy atom. The van der Waals surface area contributed by atoms with Gasteiger partial charge in [-0.05, 0) is 37.1 Å². The highest BCUT2D eigenvalue weighted by molar-refractivity contribution is 9.10. The molecule has 1 unspecified atom stereocenters. The molecule has 0 saturated heterocycles. The summed E-state index contributed by atoms with van der Waals surface area (Å²) in [6.07, 6.45) is 1.64. The highest BCUT2D eigenvalue weighted by atomic mass is 79.9. The topological polar surface area (TPSA) is 38.0 Å². The van der Waals surface area contributed by atoms with Gasteiger partial charge in [0, 0.05) is 22.0 Å². The van der Waals surface area contributed by atoms with Gasteiger partial charge in [-0.15, -0.1) is 11.8 Å². The molecule has 0 bridgehead atoms. The molecule has 0 heterocycles. The van der Waals surface area contributed by atoms with Crippen LogP contribution in [0.1, 0.15) is 31.4 Å². The van der Waals surface area contributed by atoms with E-state index in [4.69, 9.17) is 17.4 Å². The number of hydrogen-bond acceptors (Lipinski definition) is 2. The zero-order chi connectivity index (χ0) is 12.0. The van der Waals surface area contributed by atoms with Crippen LogP contribution in [-0.2, 0) is 0 Å². The van der Waals surface area contributed by atoms with Crippen molar-refractivity contribution in [1.82, 2.24) is 5.43 Å².